The fourth-order valence-electron chi connectivity index (χ4n) is 3.64. The highest BCUT2D eigenvalue weighted by Gasteiger charge is 2.29. The molecule has 2 aromatic heterocycles. The van der Waals surface area contributed by atoms with Crippen molar-refractivity contribution in [3.63, 3.8) is 0 Å². The van der Waals surface area contributed by atoms with Crippen LogP contribution in [0.2, 0.25) is 5.02 Å². The second kappa shape index (κ2) is 9.46. The van der Waals surface area contributed by atoms with Crippen molar-refractivity contribution in [1.29, 1.82) is 0 Å². The van der Waals surface area contributed by atoms with Crippen LogP contribution >= 0.6 is 11.6 Å². The van der Waals surface area contributed by atoms with Crippen LogP contribution in [-0.4, -0.2) is 49.7 Å². The van der Waals surface area contributed by atoms with E-state index in [0.29, 0.717) is 54.5 Å². The first kappa shape index (κ1) is 21.9. The number of amides is 1. The highest BCUT2D eigenvalue weighted by atomic mass is 35.5. The lowest BCUT2D eigenvalue weighted by Gasteiger charge is -2.17. The first-order chi connectivity index (χ1) is 15.5. The molecule has 8 nitrogen and oxygen atoms in total. The van der Waals surface area contributed by atoms with E-state index in [4.69, 9.17) is 21.1 Å². The molecule has 10 heteroatoms. The van der Waals surface area contributed by atoms with Crippen LogP contribution in [0.15, 0.2) is 30.6 Å². The average molecular weight is 460 g/mol. The van der Waals surface area contributed by atoms with Gasteiger partial charge in [-0.05, 0) is 25.2 Å². The lowest BCUT2D eigenvalue weighted by Crippen LogP contribution is -2.31. The van der Waals surface area contributed by atoms with Gasteiger partial charge in [-0.25, -0.2) is 4.39 Å². The summed E-state index contributed by atoms with van der Waals surface area (Å²) in [7, 11) is 3.25. The van der Waals surface area contributed by atoms with E-state index in [1.807, 2.05) is 13.1 Å². The lowest BCUT2D eigenvalue weighted by atomic mass is 10.0. The molecule has 0 spiro atoms. The summed E-state index contributed by atoms with van der Waals surface area (Å²) < 4.78 is 25.2. The van der Waals surface area contributed by atoms with Crippen LogP contribution in [0.4, 0.5) is 15.8 Å². The molecule has 4 N–H and O–H groups in total. The van der Waals surface area contributed by atoms with Crippen molar-refractivity contribution < 1.29 is 18.7 Å². The molecule has 1 amide bonds. The van der Waals surface area contributed by atoms with Crippen LogP contribution in [0.3, 0.4) is 0 Å². The van der Waals surface area contributed by atoms with Crippen molar-refractivity contribution in [3.8, 4) is 22.8 Å². The molecule has 0 bridgehead atoms. The zero-order chi connectivity index (χ0) is 22.7. The molecule has 1 aromatic carbocycles. The Morgan fingerprint density at radius 2 is 2.16 bits per heavy atom. The topological polar surface area (TPSA) is 100 Å². The number of rotatable bonds is 8. The van der Waals surface area contributed by atoms with Crippen LogP contribution in [0.25, 0.3) is 11.3 Å². The van der Waals surface area contributed by atoms with Crippen LogP contribution in [-0.2, 0) is 6.42 Å². The van der Waals surface area contributed by atoms with E-state index in [2.05, 4.69) is 25.9 Å². The molecule has 0 radical (unpaired) electrons. The number of nitrogens with zero attached hydrogens (tertiary/aromatic N) is 1. The Kier molecular flexibility index (Phi) is 6.48. The van der Waals surface area contributed by atoms with Crippen LogP contribution in [0.1, 0.15) is 16.1 Å². The lowest BCUT2D eigenvalue weighted by molar-refractivity contribution is 0.0947. The standard InChI is InChI=1S/C22H23ClFN5O3/c1-25-9-10-32-16-11-26-7-5-12(16)19-20(17-14(28-19)6-8-27-22(17)30)29-15-4-3-13(24)18(23)21(15)31-2/h3-5,7,11,25,28-29H,6,8-10H2,1-2H3,(H,27,30). The third kappa shape index (κ3) is 4.09. The summed E-state index contributed by atoms with van der Waals surface area (Å²) in [5.74, 6) is -0.106. The number of H-pyrrole nitrogens is 1. The Balaban J connectivity index is 1.85. The number of nitrogens with one attached hydrogen (secondary N) is 4. The van der Waals surface area contributed by atoms with Crippen LogP contribution in [0, 0.1) is 5.82 Å². The SMILES string of the molecule is CNCCOc1cnccc1-c1[nH]c2c(c1Nc1ccc(F)c(Cl)c1OC)C(=O)NCC2. The number of pyridine rings is 1. The van der Waals surface area contributed by atoms with Crippen molar-refractivity contribution in [2.24, 2.45) is 0 Å². The highest BCUT2D eigenvalue weighted by Crippen LogP contribution is 2.43. The number of hydrogen-bond donors (Lipinski definition) is 4. The third-order valence-corrected chi connectivity index (χ3v) is 5.49. The molecule has 0 aliphatic carbocycles. The van der Waals surface area contributed by atoms with Gasteiger partial charge in [0.2, 0.25) is 0 Å². The number of aromatic amines is 1. The summed E-state index contributed by atoms with van der Waals surface area (Å²) in [6.45, 7) is 1.63. The van der Waals surface area contributed by atoms with Crippen molar-refractivity contribution in [2.75, 3.05) is 39.2 Å². The summed E-state index contributed by atoms with van der Waals surface area (Å²) in [5, 5.41) is 8.99. The van der Waals surface area contributed by atoms with Gasteiger partial charge in [0.25, 0.3) is 5.91 Å². The number of halogens is 2. The Bertz CT molecular complexity index is 1150. The number of methoxy groups -OCH3 is 1. The average Bonchev–Trinajstić information content (AvgIpc) is 3.16. The fourth-order valence-corrected chi connectivity index (χ4v) is 3.88. The number of ether oxygens (including phenoxy) is 2. The minimum absolute atomic E-state index is 0.143. The van der Waals surface area contributed by atoms with Gasteiger partial charge in [-0.3, -0.25) is 9.78 Å². The Morgan fingerprint density at radius 3 is 2.94 bits per heavy atom. The maximum absolute atomic E-state index is 14.0. The molecule has 0 saturated carbocycles. The van der Waals surface area contributed by atoms with Gasteiger partial charge in [-0.1, -0.05) is 11.6 Å². The van der Waals surface area contributed by atoms with E-state index in [0.717, 1.165) is 11.3 Å². The van der Waals surface area contributed by atoms with E-state index in [1.165, 1.54) is 19.2 Å². The number of hydrogen-bond acceptors (Lipinski definition) is 6. The minimum Gasteiger partial charge on any atom is -0.493 e. The second-order valence-corrected chi connectivity index (χ2v) is 7.50. The first-order valence-electron chi connectivity index (χ1n) is 10.1. The van der Waals surface area contributed by atoms with Gasteiger partial charge in [0.05, 0.1) is 35.9 Å². The first-order valence-corrected chi connectivity index (χ1v) is 10.5. The minimum atomic E-state index is -0.600. The molecule has 0 fully saturated rings. The second-order valence-electron chi connectivity index (χ2n) is 7.13. The van der Waals surface area contributed by atoms with Gasteiger partial charge in [0.15, 0.2) is 5.75 Å². The number of benzene rings is 1. The van der Waals surface area contributed by atoms with E-state index in [1.54, 1.807) is 12.4 Å². The normalized spacial score (nSPS) is 12.8. The zero-order valence-electron chi connectivity index (χ0n) is 17.6. The maximum Gasteiger partial charge on any atom is 0.255 e. The Morgan fingerprint density at radius 1 is 1.31 bits per heavy atom. The molecule has 0 unspecified atom stereocenters. The van der Waals surface area contributed by atoms with Crippen LogP contribution < -0.4 is 25.4 Å². The summed E-state index contributed by atoms with van der Waals surface area (Å²) in [6, 6.07) is 4.57. The van der Waals surface area contributed by atoms with Crippen LogP contribution in [0.5, 0.6) is 11.5 Å². The predicted octanol–water partition coefficient (Wildman–Crippen LogP) is 3.51. The van der Waals surface area contributed by atoms with Crippen molar-refractivity contribution in [1.82, 2.24) is 20.6 Å². The third-order valence-electron chi connectivity index (χ3n) is 5.14. The van der Waals surface area contributed by atoms with Gasteiger partial charge in [-0.15, -0.1) is 0 Å². The maximum atomic E-state index is 14.0. The number of aromatic nitrogens is 2. The van der Waals surface area contributed by atoms with Gasteiger partial charge in [0, 0.05) is 37.0 Å². The number of likely N-dealkylation sites (N-methyl/N-ethyl adjacent to an activating group) is 1. The smallest absolute Gasteiger partial charge is 0.255 e. The van der Waals surface area contributed by atoms with E-state index < -0.39 is 5.82 Å². The number of fused-ring (bicyclic) bond motifs is 1. The van der Waals surface area contributed by atoms with Gasteiger partial charge < -0.3 is 30.4 Å². The Labute approximate surface area is 189 Å². The van der Waals surface area contributed by atoms with Crippen molar-refractivity contribution in [3.05, 3.63) is 52.7 Å². The predicted molar refractivity (Wildman–Crippen MR) is 121 cm³/mol. The number of carbonyl (C=O) groups is 1. The summed E-state index contributed by atoms with van der Waals surface area (Å²) in [6.07, 6.45) is 3.92. The van der Waals surface area contributed by atoms with Crippen molar-refractivity contribution in [2.45, 2.75) is 6.42 Å². The van der Waals surface area contributed by atoms with Gasteiger partial charge >= 0.3 is 0 Å². The summed E-state index contributed by atoms with van der Waals surface area (Å²) in [5.41, 5.74) is 3.59. The highest BCUT2D eigenvalue weighted by molar-refractivity contribution is 6.32. The molecule has 0 saturated heterocycles. The number of carbonyl (C=O) groups excluding carboxylic acids is 1. The number of anilines is 2. The molecule has 3 aromatic rings. The summed E-state index contributed by atoms with van der Waals surface area (Å²) >= 11 is 6.10. The van der Waals surface area contributed by atoms with Gasteiger partial charge in [0.1, 0.15) is 23.2 Å². The molecule has 0 atom stereocenters. The Hall–Kier alpha value is -3.30. The van der Waals surface area contributed by atoms with Gasteiger partial charge in [-0.2, -0.15) is 0 Å². The molecule has 1 aliphatic heterocycles. The zero-order valence-corrected chi connectivity index (χ0v) is 18.4. The molecule has 32 heavy (non-hydrogen) atoms. The molecular formula is C22H23ClFN5O3. The van der Waals surface area contributed by atoms with E-state index in [9.17, 15) is 9.18 Å². The van der Waals surface area contributed by atoms with E-state index in [-0.39, 0.29) is 16.7 Å². The fraction of sp³-hybridized carbons (Fsp3) is 0.273. The quantitative estimate of drug-likeness (QED) is 0.385. The van der Waals surface area contributed by atoms with E-state index >= 15 is 0 Å². The van der Waals surface area contributed by atoms with Crippen molar-refractivity contribution >= 4 is 28.9 Å². The molecular weight excluding hydrogens is 437 g/mol. The molecule has 4 rings (SSSR count). The molecule has 168 valence electrons. The molecule has 3 heterocycles. The largest absolute Gasteiger partial charge is 0.493 e. The summed E-state index contributed by atoms with van der Waals surface area (Å²) in [4.78, 5) is 20.3. The molecule has 1 aliphatic rings. The monoisotopic (exact) mass is 459 g/mol.